The van der Waals surface area contributed by atoms with Crippen LogP contribution in [0.5, 0.6) is 0 Å². The molecule has 2 aliphatic carbocycles. The highest BCUT2D eigenvalue weighted by Crippen LogP contribution is 2.29. The molecule has 0 aliphatic heterocycles. The van der Waals surface area contributed by atoms with Gasteiger partial charge in [-0.25, -0.2) is 5.43 Å². The average Bonchev–Trinajstić information content (AvgIpc) is 2.76. The molecule has 1 aromatic rings. The number of carbonyl (C=O) groups is 1. The Morgan fingerprint density at radius 1 is 1.24 bits per heavy atom. The molecule has 1 N–H and O–H groups in total. The molecule has 0 aromatic carbocycles. The van der Waals surface area contributed by atoms with Crippen LogP contribution in [0.3, 0.4) is 0 Å². The van der Waals surface area contributed by atoms with Gasteiger partial charge in [-0.3, -0.25) is 4.79 Å². The van der Waals surface area contributed by atoms with Crippen LogP contribution in [0.1, 0.15) is 72.0 Å². The molecule has 0 radical (unpaired) electrons. The van der Waals surface area contributed by atoms with Gasteiger partial charge in [0.25, 0.3) is 5.91 Å². The Hall–Kier alpha value is -1.16. The molecule has 21 heavy (non-hydrogen) atoms. The first-order chi connectivity index (χ1) is 10.2. The lowest BCUT2D eigenvalue weighted by molar-refractivity contribution is 0.0958. The zero-order valence-electron chi connectivity index (χ0n) is 12.8. The quantitative estimate of drug-likeness (QED) is 0.642. The van der Waals surface area contributed by atoms with Crippen molar-refractivity contribution in [2.24, 2.45) is 11.0 Å². The standard InChI is InChI=1S/C17H24N2OS/c1-12-6-5-8-14(10-12)18-19-17(20)16-11-13-7-3-2-4-9-15(13)21-16/h11-12H,2-10H2,1H3,(H,19,20)/b18-14+/t12-/m0/s1. The normalized spacial score (nSPS) is 24.4. The molecule has 1 fully saturated rings. The summed E-state index contributed by atoms with van der Waals surface area (Å²) in [5.41, 5.74) is 5.32. The molecule has 114 valence electrons. The predicted molar refractivity (Wildman–Crippen MR) is 88.1 cm³/mol. The number of nitrogens with one attached hydrogen (secondary N) is 1. The summed E-state index contributed by atoms with van der Waals surface area (Å²) in [7, 11) is 0. The SMILES string of the molecule is C[C@H]1CCC/C(=N\NC(=O)c2cc3c(s2)CCCCC3)C1. The molecule has 1 atom stereocenters. The third-order valence-corrected chi connectivity index (χ3v) is 5.77. The smallest absolute Gasteiger partial charge is 0.266 e. The van der Waals surface area contributed by atoms with Crippen LogP contribution in [0.4, 0.5) is 0 Å². The second kappa shape index (κ2) is 6.73. The summed E-state index contributed by atoms with van der Waals surface area (Å²) in [5.74, 6) is 0.672. The number of thiophene rings is 1. The van der Waals surface area contributed by atoms with Crippen LogP contribution >= 0.6 is 11.3 Å². The molecule has 0 unspecified atom stereocenters. The van der Waals surface area contributed by atoms with Gasteiger partial charge in [0.15, 0.2) is 0 Å². The van der Waals surface area contributed by atoms with Gasteiger partial charge in [0.05, 0.1) is 4.88 Å². The fraction of sp³-hybridized carbons (Fsp3) is 0.647. The summed E-state index contributed by atoms with van der Waals surface area (Å²) in [6.45, 7) is 2.26. The molecule has 1 saturated carbocycles. The lowest BCUT2D eigenvalue weighted by Gasteiger charge is -2.18. The van der Waals surface area contributed by atoms with Gasteiger partial charge in [-0.2, -0.15) is 5.10 Å². The Bertz CT molecular complexity index is 523. The fourth-order valence-corrected chi connectivity index (χ4v) is 4.47. The Kier molecular flexibility index (Phi) is 4.73. The van der Waals surface area contributed by atoms with Crippen LogP contribution in [0.25, 0.3) is 0 Å². The van der Waals surface area contributed by atoms with Gasteiger partial charge in [0.2, 0.25) is 0 Å². The van der Waals surface area contributed by atoms with Crippen molar-refractivity contribution in [3.8, 4) is 0 Å². The maximum Gasteiger partial charge on any atom is 0.281 e. The summed E-state index contributed by atoms with van der Waals surface area (Å²) in [6.07, 6.45) is 10.6. The second-order valence-electron chi connectivity index (χ2n) is 6.44. The van der Waals surface area contributed by atoms with E-state index in [1.165, 1.54) is 42.5 Å². The van der Waals surface area contributed by atoms with E-state index < -0.39 is 0 Å². The molecule has 1 heterocycles. The molecule has 3 rings (SSSR count). The number of fused-ring (bicyclic) bond motifs is 1. The van der Waals surface area contributed by atoms with Crippen molar-refractivity contribution in [2.75, 3.05) is 0 Å². The van der Waals surface area contributed by atoms with Gasteiger partial charge in [0.1, 0.15) is 0 Å². The Labute approximate surface area is 130 Å². The van der Waals surface area contributed by atoms with E-state index in [4.69, 9.17) is 0 Å². The fourth-order valence-electron chi connectivity index (χ4n) is 3.33. The topological polar surface area (TPSA) is 41.5 Å². The Balaban J connectivity index is 1.64. The third kappa shape index (κ3) is 3.73. The summed E-state index contributed by atoms with van der Waals surface area (Å²) in [4.78, 5) is 14.5. The van der Waals surface area contributed by atoms with Crippen molar-refractivity contribution in [1.29, 1.82) is 0 Å². The lowest BCUT2D eigenvalue weighted by atomic mass is 9.89. The Morgan fingerprint density at radius 2 is 2.10 bits per heavy atom. The number of hydrogen-bond acceptors (Lipinski definition) is 3. The highest BCUT2D eigenvalue weighted by molar-refractivity contribution is 7.14. The highest BCUT2D eigenvalue weighted by atomic mass is 32.1. The van der Waals surface area contributed by atoms with Crippen LogP contribution in [0.2, 0.25) is 0 Å². The van der Waals surface area contributed by atoms with Crippen LogP contribution in [-0.2, 0) is 12.8 Å². The average molecular weight is 304 g/mol. The third-order valence-electron chi connectivity index (χ3n) is 4.53. The second-order valence-corrected chi connectivity index (χ2v) is 7.58. The zero-order chi connectivity index (χ0) is 14.7. The number of hydrogen-bond donors (Lipinski definition) is 1. The van der Waals surface area contributed by atoms with Crippen molar-refractivity contribution >= 4 is 23.0 Å². The maximum absolute atomic E-state index is 12.3. The molecule has 0 spiro atoms. The van der Waals surface area contributed by atoms with E-state index in [9.17, 15) is 4.79 Å². The number of rotatable bonds is 2. The molecule has 0 saturated heterocycles. The van der Waals surface area contributed by atoms with Crippen LogP contribution in [-0.4, -0.2) is 11.6 Å². The van der Waals surface area contributed by atoms with Crippen molar-refractivity contribution < 1.29 is 4.79 Å². The monoisotopic (exact) mass is 304 g/mol. The molecule has 4 heteroatoms. The van der Waals surface area contributed by atoms with Gasteiger partial charge < -0.3 is 0 Å². The number of aryl methyl sites for hydroxylation is 2. The van der Waals surface area contributed by atoms with Crippen LogP contribution in [0, 0.1) is 5.92 Å². The van der Waals surface area contributed by atoms with Crippen molar-refractivity contribution in [3.63, 3.8) is 0 Å². The molecule has 2 aliphatic rings. The minimum atomic E-state index is -0.0289. The summed E-state index contributed by atoms with van der Waals surface area (Å²) in [5, 5.41) is 4.36. The molecular formula is C17H24N2OS. The molecule has 3 nitrogen and oxygen atoms in total. The number of nitrogens with zero attached hydrogens (tertiary/aromatic N) is 1. The first kappa shape index (κ1) is 14.8. The largest absolute Gasteiger partial charge is 0.281 e. The summed E-state index contributed by atoms with van der Waals surface area (Å²) in [6, 6.07) is 2.09. The van der Waals surface area contributed by atoms with E-state index in [1.807, 2.05) is 0 Å². The molecule has 1 aromatic heterocycles. The lowest BCUT2D eigenvalue weighted by Crippen LogP contribution is -2.21. The summed E-state index contributed by atoms with van der Waals surface area (Å²) < 4.78 is 0. The van der Waals surface area contributed by atoms with Crippen LogP contribution in [0.15, 0.2) is 11.2 Å². The van der Waals surface area contributed by atoms with Gasteiger partial charge in [0, 0.05) is 10.6 Å². The number of carbonyl (C=O) groups excluding carboxylic acids is 1. The minimum Gasteiger partial charge on any atom is -0.266 e. The maximum atomic E-state index is 12.3. The summed E-state index contributed by atoms with van der Waals surface area (Å²) >= 11 is 1.66. The van der Waals surface area contributed by atoms with Gasteiger partial charge in [-0.1, -0.05) is 13.3 Å². The predicted octanol–water partition coefficient (Wildman–Crippen LogP) is 4.31. The van der Waals surface area contributed by atoms with Gasteiger partial charge in [-0.15, -0.1) is 11.3 Å². The van der Waals surface area contributed by atoms with Crippen molar-refractivity contribution in [1.82, 2.24) is 5.43 Å². The van der Waals surface area contributed by atoms with Crippen molar-refractivity contribution in [3.05, 3.63) is 21.4 Å². The van der Waals surface area contributed by atoms with E-state index in [2.05, 4.69) is 23.5 Å². The highest BCUT2D eigenvalue weighted by Gasteiger charge is 2.17. The first-order valence-electron chi connectivity index (χ1n) is 8.19. The molecule has 1 amide bonds. The number of amides is 1. The Morgan fingerprint density at radius 3 is 2.95 bits per heavy atom. The number of hydrazone groups is 1. The van der Waals surface area contributed by atoms with E-state index in [1.54, 1.807) is 11.3 Å². The van der Waals surface area contributed by atoms with E-state index in [0.29, 0.717) is 5.92 Å². The first-order valence-corrected chi connectivity index (χ1v) is 9.01. The van der Waals surface area contributed by atoms with Gasteiger partial charge in [-0.05, 0) is 68.9 Å². The van der Waals surface area contributed by atoms with Crippen molar-refractivity contribution in [2.45, 2.75) is 64.7 Å². The van der Waals surface area contributed by atoms with Gasteiger partial charge >= 0.3 is 0 Å². The van der Waals surface area contributed by atoms with Crippen LogP contribution < -0.4 is 5.43 Å². The minimum absolute atomic E-state index is 0.0289. The zero-order valence-corrected chi connectivity index (χ0v) is 13.6. The molecule has 0 bridgehead atoms. The van der Waals surface area contributed by atoms with E-state index >= 15 is 0 Å². The molecular weight excluding hydrogens is 280 g/mol. The van der Waals surface area contributed by atoms with E-state index in [-0.39, 0.29) is 5.91 Å². The van der Waals surface area contributed by atoms with E-state index in [0.717, 1.165) is 36.3 Å².